The van der Waals surface area contributed by atoms with Crippen LogP contribution in [0.1, 0.15) is 25.3 Å². The van der Waals surface area contributed by atoms with Crippen LogP contribution in [0, 0.1) is 10.1 Å². The zero-order valence-electron chi connectivity index (χ0n) is 11.2. The number of nitrogens with one attached hydrogen (secondary N) is 1. The van der Waals surface area contributed by atoms with Crippen LogP contribution < -0.4 is 5.32 Å². The summed E-state index contributed by atoms with van der Waals surface area (Å²) in [5.41, 5.74) is 0.980. The van der Waals surface area contributed by atoms with Gasteiger partial charge in [0.2, 0.25) is 0 Å². The SMILES string of the molecule is CC(NCCc1ccccc1[N+](=O)[O-])C1CCCO1. The molecule has 0 aromatic heterocycles. The van der Waals surface area contributed by atoms with E-state index in [1.807, 2.05) is 12.1 Å². The number of hydrogen-bond donors (Lipinski definition) is 1. The average Bonchev–Trinajstić information content (AvgIpc) is 2.93. The molecule has 0 aliphatic carbocycles. The molecule has 1 saturated heterocycles. The summed E-state index contributed by atoms with van der Waals surface area (Å²) >= 11 is 0. The molecule has 2 rings (SSSR count). The van der Waals surface area contributed by atoms with E-state index in [2.05, 4.69) is 12.2 Å². The van der Waals surface area contributed by atoms with Crippen molar-refractivity contribution < 1.29 is 9.66 Å². The van der Waals surface area contributed by atoms with Crippen molar-refractivity contribution in [3.63, 3.8) is 0 Å². The number of nitro benzene ring substituents is 1. The van der Waals surface area contributed by atoms with Gasteiger partial charge in [-0.05, 0) is 32.7 Å². The lowest BCUT2D eigenvalue weighted by molar-refractivity contribution is -0.385. The van der Waals surface area contributed by atoms with Crippen LogP contribution in [-0.2, 0) is 11.2 Å². The first-order valence-electron chi connectivity index (χ1n) is 6.76. The Balaban J connectivity index is 1.83. The second kappa shape index (κ2) is 6.63. The van der Waals surface area contributed by atoms with E-state index in [-0.39, 0.29) is 16.7 Å². The van der Waals surface area contributed by atoms with Gasteiger partial charge in [0, 0.05) is 24.3 Å². The number of nitrogens with zero attached hydrogens (tertiary/aromatic N) is 1. The van der Waals surface area contributed by atoms with Crippen LogP contribution in [0.15, 0.2) is 24.3 Å². The summed E-state index contributed by atoms with van der Waals surface area (Å²) in [6.45, 7) is 3.68. The lowest BCUT2D eigenvalue weighted by Gasteiger charge is -2.19. The molecule has 19 heavy (non-hydrogen) atoms. The predicted octanol–water partition coefficient (Wildman–Crippen LogP) is 2.29. The van der Waals surface area contributed by atoms with Gasteiger partial charge in [-0.25, -0.2) is 0 Å². The highest BCUT2D eigenvalue weighted by Gasteiger charge is 2.21. The van der Waals surface area contributed by atoms with Gasteiger partial charge in [-0.15, -0.1) is 0 Å². The molecule has 5 heteroatoms. The summed E-state index contributed by atoms with van der Waals surface area (Å²) < 4.78 is 5.61. The third-order valence-corrected chi connectivity index (χ3v) is 3.57. The van der Waals surface area contributed by atoms with E-state index < -0.39 is 0 Å². The predicted molar refractivity (Wildman–Crippen MR) is 73.2 cm³/mol. The van der Waals surface area contributed by atoms with Crippen LogP contribution in [-0.4, -0.2) is 30.2 Å². The second-order valence-electron chi connectivity index (χ2n) is 4.93. The summed E-state index contributed by atoms with van der Waals surface area (Å²) in [5.74, 6) is 0. The zero-order chi connectivity index (χ0) is 13.7. The summed E-state index contributed by atoms with van der Waals surface area (Å²) in [6, 6.07) is 7.20. The van der Waals surface area contributed by atoms with E-state index in [9.17, 15) is 10.1 Å². The van der Waals surface area contributed by atoms with E-state index in [1.165, 1.54) is 0 Å². The molecule has 0 radical (unpaired) electrons. The van der Waals surface area contributed by atoms with Gasteiger partial charge in [0.1, 0.15) is 0 Å². The Labute approximate surface area is 113 Å². The molecule has 0 bridgehead atoms. The highest BCUT2D eigenvalue weighted by atomic mass is 16.6. The lowest BCUT2D eigenvalue weighted by atomic mass is 10.1. The van der Waals surface area contributed by atoms with Crippen molar-refractivity contribution in [2.24, 2.45) is 0 Å². The number of hydrogen-bond acceptors (Lipinski definition) is 4. The summed E-state index contributed by atoms with van der Waals surface area (Å²) in [5, 5.41) is 14.3. The van der Waals surface area contributed by atoms with Gasteiger partial charge in [0.05, 0.1) is 11.0 Å². The van der Waals surface area contributed by atoms with E-state index >= 15 is 0 Å². The van der Waals surface area contributed by atoms with Crippen LogP contribution in [0.4, 0.5) is 5.69 Å². The van der Waals surface area contributed by atoms with Crippen LogP contribution in [0.3, 0.4) is 0 Å². The van der Waals surface area contributed by atoms with Crippen LogP contribution in [0.2, 0.25) is 0 Å². The Kier molecular flexibility index (Phi) is 4.87. The Morgan fingerprint density at radius 2 is 2.32 bits per heavy atom. The molecule has 2 atom stereocenters. The van der Waals surface area contributed by atoms with Crippen molar-refractivity contribution in [2.75, 3.05) is 13.2 Å². The molecule has 0 saturated carbocycles. The van der Waals surface area contributed by atoms with Crippen molar-refractivity contribution in [3.8, 4) is 0 Å². The van der Waals surface area contributed by atoms with Gasteiger partial charge >= 0.3 is 0 Å². The molecule has 1 aromatic carbocycles. The van der Waals surface area contributed by atoms with Crippen LogP contribution in [0.25, 0.3) is 0 Å². The van der Waals surface area contributed by atoms with Gasteiger partial charge < -0.3 is 10.1 Å². The minimum absolute atomic E-state index is 0.203. The Morgan fingerprint density at radius 1 is 1.53 bits per heavy atom. The molecule has 1 heterocycles. The van der Waals surface area contributed by atoms with E-state index in [0.717, 1.165) is 31.6 Å². The Hall–Kier alpha value is -1.46. The van der Waals surface area contributed by atoms with Gasteiger partial charge in [-0.2, -0.15) is 0 Å². The Morgan fingerprint density at radius 3 is 3.00 bits per heavy atom. The first-order chi connectivity index (χ1) is 9.18. The molecule has 104 valence electrons. The maximum atomic E-state index is 10.9. The molecule has 2 unspecified atom stereocenters. The number of nitro groups is 1. The molecule has 1 N–H and O–H groups in total. The monoisotopic (exact) mass is 264 g/mol. The van der Waals surface area contributed by atoms with E-state index in [4.69, 9.17) is 4.74 Å². The summed E-state index contributed by atoms with van der Waals surface area (Å²) in [7, 11) is 0. The minimum atomic E-state index is -0.321. The normalized spacial score (nSPS) is 20.4. The van der Waals surface area contributed by atoms with E-state index in [1.54, 1.807) is 12.1 Å². The smallest absolute Gasteiger partial charge is 0.272 e. The fraction of sp³-hybridized carbons (Fsp3) is 0.571. The average molecular weight is 264 g/mol. The van der Waals surface area contributed by atoms with Gasteiger partial charge in [-0.1, -0.05) is 18.2 Å². The van der Waals surface area contributed by atoms with Crippen molar-refractivity contribution in [3.05, 3.63) is 39.9 Å². The molecule has 5 nitrogen and oxygen atoms in total. The number of para-hydroxylation sites is 1. The van der Waals surface area contributed by atoms with Crippen molar-refractivity contribution in [1.82, 2.24) is 5.32 Å². The van der Waals surface area contributed by atoms with Gasteiger partial charge in [0.15, 0.2) is 0 Å². The zero-order valence-corrected chi connectivity index (χ0v) is 11.2. The largest absolute Gasteiger partial charge is 0.377 e. The van der Waals surface area contributed by atoms with Crippen LogP contribution >= 0.6 is 0 Å². The minimum Gasteiger partial charge on any atom is -0.377 e. The molecular formula is C14H20N2O3. The maximum Gasteiger partial charge on any atom is 0.272 e. The van der Waals surface area contributed by atoms with E-state index in [0.29, 0.717) is 12.5 Å². The quantitative estimate of drug-likeness (QED) is 0.632. The molecule has 0 spiro atoms. The highest BCUT2D eigenvalue weighted by molar-refractivity contribution is 5.39. The van der Waals surface area contributed by atoms with Gasteiger partial charge in [-0.3, -0.25) is 10.1 Å². The summed E-state index contributed by atoms with van der Waals surface area (Å²) in [4.78, 5) is 10.6. The molecule has 1 aromatic rings. The topological polar surface area (TPSA) is 64.4 Å². The number of ether oxygens (including phenoxy) is 1. The molecule has 1 aliphatic heterocycles. The molecular weight excluding hydrogens is 244 g/mol. The highest BCUT2D eigenvalue weighted by Crippen LogP contribution is 2.18. The number of benzene rings is 1. The van der Waals surface area contributed by atoms with Crippen molar-refractivity contribution in [1.29, 1.82) is 0 Å². The first kappa shape index (κ1) is 14.0. The molecule has 0 amide bonds. The van der Waals surface area contributed by atoms with Crippen molar-refractivity contribution >= 4 is 5.69 Å². The summed E-state index contributed by atoms with van der Waals surface area (Å²) in [6.07, 6.45) is 3.17. The first-order valence-corrected chi connectivity index (χ1v) is 6.76. The third-order valence-electron chi connectivity index (χ3n) is 3.57. The fourth-order valence-corrected chi connectivity index (χ4v) is 2.46. The second-order valence-corrected chi connectivity index (χ2v) is 4.93. The standard InChI is InChI=1S/C14H20N2O3/c1-11(14-7-4-10-19-14)15-9-8-12-5-2-3-6-13(12)16(17)18/h2-3,5-6,11,14-15H,4,7-10H2,1H3. The number of rotatable bonds is 6. The Bertz CT molecular complexity index is 430. The van der Waals surface area contributed by atoms with Crippen LogP contribution in [0.5, 0.6) is 0 Å². The fourth-order valence-electron chi connectivity index (χ4n) is 2.46. The molecule has 1 aliphatic rings. The lowest BCUT2D eigenvalue weighted by Crippen LogP contribution is -2.38. The van der Waals surface area contributed by atoms with Crippen molar-refractivity contribution in [2.45, 2.75) is 38.3 Å². The maximum absolute atomic E-state index is 10.9. The van der Waals surface area contributed by atoms with Gasteiger partial charge in [0.25, 0.3) is 5.69 Å². The third kappa shape index (κ3) is 3.75. The molecule has 1 fully saturated rings.